The predicted octanol–water partition coefficient (Wildman–Crippen LogP) is 2.35. The summed E-state index contributed by atoms with van der Waals surface area (Å²) >= 11 is 5.60. The predicted molar refractivity (Wildman–Crippen MR) is 60.6 cm³/mol. The van der Waals surface area contributed by atoms with Crippen LogP contribution in [0.25, 0.3) is 0 Å². The maximum atomic E-state index is 5.64. The van der Waals surface area contributed by atoms with Gasteiger partial charge in [-0.2, -0.15) is 0 Å². The van der Waals surface area contributed by atoms with E-state index in [0.29, 0.717) is 30.2 Å². The molecule has 5 heteroatoms. The minimum Gasteiger partial charge on any atom is -0.425 e. The van der Waals surface area contributed by atoms with E-state index in [1.807, 2.05) is 0 Å². The number of hydrogen-bond donors (Lipinski definition) is 0. The van der Waals surface area contributed by atoms with Crippen LogP contribution in [0.3, 0.4) is 0 Å². The van der Waals surface area contributed by atoms with Gasteiger partial charge in [-0.1, -0.05) is 0 Å². The van der Waals surface area contributed by atoms with Gasteiger partial charge < -0.3 is 9.15 Å². The molecule has 0 radical (unpaired) electrons. The summed E-state index contributed by atoms with van der Waals surface area (Å²) in [6, 6.07) is 0. The molecule has 1 saturated heterocycles. The molecule has 16 heavy (non-hydrogen) atoms. The first-order chi connectivity index (χ1) is 7.88. The zero-order valence-electron chi connectivity index (χ0n) is 9.32. The third kappa shape index (κ3) is 3.46. The highest BCUT2D eigenvalue weighted by atomic mass is 35.5. The lowest BCUT2D eigenvalue weighted by Crippen LogP contribution is -2.19. The minimum absolute atomic E-state index is 0.372. The molecule has 1 aromatic rings. The minimum atomic E-state index is 0.372. The Labute approximate surface area is 100 Å². The van der Waals surface area contributed by atoms with E-state index in [9.17, 15) is 0 Å². The quantitative estimate of drug-likeness (QED) is 0.746. The molecule has 0 spiro atoms. The second-order valence-electron chi connectivity index (χ2n) is 4.06. The van der Waals surface area contributed by atoms with Crippen molar-refractivity contribution < 1.29 is 9.15 Å². The molecule has 0 aromatic carbocycles. The van der Waals surface area contributed by atoms with Gasteiger partial charge in [-0.05, 0) is 25.7 Å². The molecule has 2 heterocycles. The molecule has 90 valence electrons. The topological polar surface area (TPSA) is 48.2 Å². The van der Waals surface area contributed by atoms with Crippen LogP contribution in [0.15, 0.2) is 4.42 Å². The van der Waals surface area contributed by atoms with E-state index < -0.39 is 0 Å². The van der Waals surface area contributed by atoms with Crippen molar-refractivity contribution in [3.8, 4) is 0 Å². The third-order valence-corrected chi connectivity index (χ3v) is 2.96. The lowest BCUT2D eigenvalue weighted by atomic mass is 10.0. The molecule has 1 aliphatic rings. The highest BCUT2D eigenvalue weighted by molar-refractivity contribution is 6.17. The highest BCUT2D eigenvalue weighted by Crippen LogP contribution is 2.17. The van der Waals surface area contributed by atoms with Crippen molar-refractivity contribution in [2.45, 2.75) is 44.6 Å². The van der Waals surface area contributed by atoms with Gasteiger partial charge in [0.05, 0.1) is 6.10 Å². The molecule has 1 aromatic heterocycles. The Morgan fingerprint density at radius 2 is 2.00 bits per heavy atom. The normalized spacial score (nSPS) is 21.2. The number of hydrogen-bond acceptors (Lipinski definition) is 4. The molecule has 1 fully saturated rings. The van der Waals surface area contributed by atoms with Crippen LogP contribution >= 0.6 is 11.6 Å². The molecule has 1 atom stereocenters. The smallest absolute Gasteiger partial charge is 0.217 e. The van der Waals surface area contributed by atoms with Crippen LogP contribution in [0.4, 0.5) is 0 Å². The second kappa shape index (κ2) is 6.21. The van der Waals surface area contributed by atoms with Crippen LogP contribution in [-0.2, 0) is 17.6 Å². The molecule has 0 amide bonds. The van der Waals surface area contributed by atoms with Gasteiger partial charge in [0.15, 0.2) is 0 Å². The highest BCUT2D eigenvalue weighted by Gasteiger charge is 2.15. The average molecular weight is 245 g/mol. The summed E-state index contributed by atoms with van der Waals surface area (Å²) in [6.45, 7) is 0.895. The van der Waals surface area contributed by atoms with Crippen LogP contribution in [0, 0.1) is 0 Å². The summed E-state index contributed by atoms with van der Waals surface area (Å²) in [6.07, 6.45) is 6.42. The van der Waals surface area contributed by atoms with E-state index in [0.717, 1.165) is 25.9 Å². The van der Waals surface area contributed by atoms with Crippen molar-refractivity contribution in [2.75, 3.05) is 12.5 Å². The van der Waals surface area contributed by atoms with Crippen LogP contribution in [0.2, 0.25) is 0 Å². The Morgan fingerprint density at radius 1 is 1.19 bits per heavy atom. The number of alkyl halides is 1. The molecular weight excluding hydrogens is 228 g/mol. The zero-order chi connectivity index (χ0) is 11.2. The Balaban J connectivity index is 1.75. The van der Waals surface area contributed by atoms with Crippen LogP contribution in [0.5, 0.6) is 0 Å². The van der Waals surface area contributed by atoms with Gasteiger partial charge in [0.1, 0.15) is 0 Å². The van der Waals surface area contributed by atoms with Crippen molar-refractivity contribution in [1.82, 2.24) is 10.2 Å². The van der Waals surface area contributed by atoms with Crippen molar-refractivity contribution in [2.24, 2.45) is 0 Å². The fourth-order valence-electron chi connectivity index (χ4n) is 1.89. The van der Waals surface area contributed by atoms with Gasteiger partial charge in [0.2, 0.25) is 11.8 Å². The van der Waals surface area contributed by atoms with Gasteiger partial charge >= 0.3 is 0 Å². The molecule has 1 unspecified atom stereocenters. The van der Waals surface area contributed by atoms with Crippen molar-refractivity contribution in [3.63, 3.8) is 0 Å². The van der Waals surface area contributed by atoms with Gasteiger partial charge in [-0.15, -0.1) is 21.8 Å². The largest absolute Gasteiger partial charge is 0.425 e. The average Bonchev–Trinajstić information content (AvgIpc) is 2.76. The SMILES string of the molecule is ClCCc1nnc(CCC2CCCCO2)o1. The van der Waals surface area contributed by atoms with E-state index in [1.54, 1.807) is 0 Å². The summed E-state index contributed by atoms with van der Waals surface area (Å²) < 4.78 is 11.1. The Hall–Kier alpha value is -0.610. The zero-order valence-corrected chi connectivity index (χ0v) is 10.1. The van der Waals surface area contributed by atoms with Gasteiger partial charge in [0, 0.05) is 25.3 Å². The first-order valence-corrected chi connectivity index (χ1v) is 6.41. The number of ether oxygens (including phenoxy) is 1. The lowest BCUT2D eigenvalue weighted by molar-refractivity contribution is 0.0105. The maximum absolute atomic E-state index is 5.64. The van der Waals surface area contributed by atoms with Crippen molar-refractivity contribution >= 4 is 11.6 Å². The van der Waals surface area contributed by atoms with E-state index in [-0.39, 0.29) is 0 Å². The van der Waals surface area contributed by atoms with Crippen LogP contribution in [0.1, 0.15) is 37.5 Å². The summed E-state index contributed by atoms with van der Waals surface area (Å²) in [5.41, 5.74) is 0. The number of aryl methyl sites for hydroxylation is 2. The van der Waals surface area contributed by atoms with E-state index in [4.69, 9.17) is 20.8 Å². The maximum Gasteiger partial charge on any atom is 0.217 e. The number of nitrogens with zero attached hydrogens (tertiary/aromatic N) is 2. The summed E-state index contributed by atoms with van der Waals surface area (Å²) in [5, 5.41) is 7.92. The van der Waals surface area contributed by atoms with Gasteiger partial charge in [-0.3, -0.25) is 0 Å². The standard InChI is InChI=1S/C11H17ClN2O2/c12-7-6-11-14-13-10(16-11)5-4-9-3-1-2-8-15-9/h9H,1-8H2. The summed E-state index contributed by atoms with van der Waals surface area (Å²) in [7, 11) is 0. The molecule has 2 rings (SSSR count). The van der Waals surface area contributed by atoms with E-state index in [1.165, 1.54) is 12.8 Å². The number of rotatable bonds is 5. The van der Waals surface area contributed by atoms with Gasteiger partial charge in [0.25, 0.3) is 0 Å². The van der Waals surface area contributed by atoms with Gasteiger partial charge in [-0.25, -0.2) is 0 Å². The van der Waals surface area contributed by atoms with E-state index >= 15 is 0 Å². The summed E-state index contributed by atoms with van der Waals surface area (Å²) in [5.74, 6) is 1.86. The van der Waals surface area contributed by atoms with E-state index in [2.05, 4.69) is 10.2 Å². The van der Waals surface area contributed by atoms with Crippen molar-refractivity contribution in [1.29, 1.82) is 0 Å². The molecule has 0 saturated carbocycles. The molecule has 0 N–H and O–H groups in total. The van der Waals surface area contributed by atoms with Crippen LogP contribution < -0.4 is 0 Å². The first kappa shape index (κ1) is 11.9. The molecule has 1 aliphatic heterocycles. The molecule has 0 aliphatic carbocycles. The second-order valence-corrected chi connectivity index (χ2v) is 4.43. The van der Waals surface area contributed by atoms with Crippen molar-refractivity contribution in [3.05, 3.63) is 11.8 Å². The number of aromatic nitrogens is 2. The molecular formula is C11H17ClN2O2. The Morgan fingerprint density at radius 3 is 2.69 bits per heavy atom. The molecule has 0 bridgehead atoms. The fraction of sp³-hybridized carbons (Fsp3) is 0.818. The summed E-state index contributed by atoms with van der Waals surface area (Å²) in [4.78, 5) is 0. The Kier molecular flexibility index (Phi) is 4.60. The molecule has 4 nitrogen and oxygen atoms in total. The lowest BCUT2D eigenvalue weighted by Gasteiger charge is -2.21. The Bertz CT molecular complexity index is 311. The van der Waals surface area contributed by atoms with Crippen LogP contribution in [-0.4, -0.2) is 28.8 Å². The third-order valence-electron chi connectivity index (χ3n) is 2.77. The fourth-order valence-corrected chi connectivity index (χ4v) is 2.05. The number of halogens is 1. The monoisotopic (exact) mass is 244 g/mol. The first-order valence-electron chi connectivity index (χ1n) is 5.87.